The normalized spacial score (nSPS) is 18.6. The molecule has 2 aliphatic rings. The van der Waals surface area contributed by atoms with Crippen molar-refractivity contribution < 1.29 is 19.1 Å². The Morgan fingerprint density at radius 3 is 2.67 bits per heavy atom. The van der Waals surface area contributed by atoms with Crippen LogP contribution in [0.4, 0.5) is 5.69 Å². The lowest BCUT2D eigenvalue weighted by atomic mass is 10.1. The Morgan fingerprint density at radius 2 is 1.88 bits per heavy atom. The maximum atomic E-state index is 13.2. The molecule has 2 amide bonds. The third kappa shape index (κ3) is 2.97. The van der Waals surface area contributed by atoms with Crippen LogP contribution in [0.15, 0.2) is 53.3 Å². The molecule has 0 saturated heterocycles. The van der Waals surface area contributed by atoms with Crippen LogP contribution in [0.5, 0.6) is 11.5 Å². The zero-order valence-electron chi connectivity index (χ0n) is 16.9. The molecule has 4 heterocycles. The highest BCUT2D eigenvalue weighted by atomic mass is 32.1. The van der Waals surface area contributed by atoms with Crippen molar-refractivity contribution in [2.75, 3.05) is 18.1 Å². The van der Waals surface area contributed by atoms with Gasteiger partial charge in [0.1, 0.15) is 17.7 Å². The van der Waals surface area contributed by atoms with E-state index in [2.05, 4.69) is 10.1 Å². The summed E-state index contributed by atoms with van der Waals surface area (Å²) in [4.78, 5) is 43.9. The van der Waals surface area contributed by atoms with Crippen molar-refractivity contribution >= 4 is 39.4 Å². The number of anilines is 1. The number of rotatable bonds is 3. The highest BCUT2D eigenvalue weighted by molar-refractivity contribution is 7.15. The highest BCUT2D eigenvalue weighted by Gasteiger charge is 2.35. The zero-order valence-corrected chi connectivity index (χ0v) is 17.7. The third-order valence-electron chi connectivity index (χ3n) is 5.43. The number of ether oxygens (including phenoxy) is 2. The summed E-state index contributed by atoms with van der Waals surface area (Å²) in [7, 11) is 0. The average Bonchev–Trinajstić information content (AvgIpc) is 3.45. The molecule has 10 nitrogen and oxygen atoms in total. The van der Waals surface area contributed by atoms with Gasteiger partial charge in [-0.1, -0.05) is 41.7 Å². The molecule has 6 rings (SSSR count). The van der Waals surface area contributed by atoms with Crippen molar-refractivity contribution in [3.8, 4) is 11.5 Å². The second-order valence-corrected chi connectivity index (χ2v) is 8.49. The molecule has 4 aromatic rings. The van der Waals surface area contributed by atoms with E-state index in [1.54, 1.807) is 30.3 Å². The first kappa shape index (κ1) is 19.4. The van der Waals surface area contributed by atoms with Gasteiger partial charge in [-0.25, -0.2) is 0 Å². The third-order valence-corrected chi connectivity index (χ3v) is 6.46. The highest BCUT2D eigenvalue weighted by Crippen LogP contribution is 2.36. The van der Waals surface area contributed by atoms with E-state index in [0.717, 1.165) is 11.3 Å². The number of thiazole rings is 1. The number of carbonyl (C=O) groups is 2. The number of benzene rings is 2. The molecular weight excluding hydrogens is 446 g/mol. The molecule has 164 valence electrons. The van der Waals surface area contributed by atoms with Gasteiger partial charge in [0.05, 0.1) is 11.3 Å². The van der Waals surface area contributed by atoms with Gasteiger partial charge in [-0.3, -0.25) is 19.3 Å². The molecule has 0 fully saturated rings. The van der Waals surface area contributed by atoms with E-state index in [-0.39, 0.29) is 23.3 Å². The summed E-state index contributed by atoms with van der Waals surface area (Å²) >= 11 is 1.06. The fraction of sp³-hybridized carbons (Fsp3) is 0.136. The maximum Gasteiger partial charge on any atom is 0.291 e. The number of carbonyl (C=O) groups excluding carboxylic acids is 2. The molecule has 0 bridgehead atoms. The van der Waals surface area contributed by atoms with Gasteiger partial charge >= 0.3 is 0 Å². The standard InChI is InChI=1S/C22H15N5O5S/c23-16(28)9-26-12-6-2-1-5-11(12)17(20(26)29)18-21(30)27-22(33-18)24-19(25-27)15-10-31-13-7-3-4-8-14(13)32-15/h1-8,15H,9-10H2,(H2,23,28). The van der Waals surface area contributed by atoms with Gasteiger partial charge < -0.3 is 15.2 Å². The summed E-state index contributed by atoms with van der Waals surface area (Å²) in [5.74, 6) is 0.422. The van der Waals surface area contributed by atoms with Crippen LogP contribution in [0.1, 0.15) is 17.5 Å². The van der Waals surface area contributed by atoms with Gasteiger partial charge in [0, 0.05) is 5.56 Å². The van der Waals surface area contributed by atoms with E-state index in [0.29, 0.717) is 33.5 Å². The Labute approximate surface area is 189 Å². The number of fused-ring (bicyclic) bond motifs is 3. The van der Waals surface area contributed by atoms with Crippen LogP contribution < -0.4 is 30.2 Å². The largest absolute Gasteiger partial charge is 0.485 e. The number of nitrogens with zero attached hydrogens (tertiary/aromatic N) is 4. The fourth-order valence-electron chi connectivity index (χ4n) is 4.00. The van der Waals surface area contributed by atoms with Crippen LogP contribution in [0.3, 0.4) is 0 Å². The van der Waals surface area contributed by atoms with Crippen molar-refractivity contribution in [2.45, 2.75) is 6.10 Å². The number of nitrogens with two attached hydrogens (primary N) is 1. The number of hydrogen-bond acceptors (Lipinski definition) is 8. The van der Waals surface area contributed by atoms with Gasteiger partial charge in [0.2, 0.25) is 10.9 Å². The zero-order chi connectivity index (χ0) is 22.7. The lowest BCUT2D eigenvalue weighted by molar-refractivity contribution is -0.119. The predicted molar refractivity (Wildman–Crippen MR) is 118 cm³/mol. The summed E-state index contributed by atoms with van der Waals surface area (Å²) in [5, 5.41) is 4.34. The molecule has 0 aliphatic carbocycles. The Balaban J connectivity index is 1.44. The number of amides is 2. The lowest BCUT2D eigenvalue weighted by Gasteiger charge is -2.24. The van der Waals surface area contributed by atoms with Crippen molar-refractivity contribution in [2.24, 2.45) is 5.73 Å². The Bertz CT molecular complexity index is 1580. The summed E-state index contributed by atoms with van der Waals surface area (Å²) in [6, 6.07) is 14.2. The van der Waals surface area contributed by atoms with Crippen molar-refractivity contribution in [3.05, 3.63) is 74.8 Å². The van der Waals surface area contributed by atoms with Gasteiger partial charge in [-0.2, -0.15) is 9.50 Å². The molecule has 33 heavy (non-hydrogen) atoms. The van der Waals surface area contributed by atoms with Gasteiger partial charge in [-0.15, -0.1) is 5.10 Å². The van der Waals surface area contributed by atoms with E-state index >= 15 is 0 Å². The fourth-order valence-corrected chi connectivity index (χ4v) is 5.00. The van der Waals surface area contributed by atoms with Gasteiger partial charge in [0.15, 0.2) is 23.4 Å². The first-order valence-corrected chi connectivity index (χ1v) is 10.8. The number of primary amides is 1. The summed E-state index contributed by atoms with van der Waals surface area (Å²) in [6.07, 6.45) is -0.567. The van der Waals surface area contributed by atoms with Crippen molar-refractivity contribution in [3.63, 3.8) is 0 Å². The lowest BCUT2D eigenvalue weighted by Crippen LogP contribution is -2.37. The summed E-state index contributed by atoms with van der Waals surface area (Å²) in [6.45, 7) is -0.0693. The minimum Gasteiger partial charge on any atom is -0.485 e. The van der Waals surface area contributed by atoms with Crippen LogP contribution in [-0.2, 0) is 9.59 Å². The van der Waals surface area contributed by atoms with E-state index in [4.69, 9.17) is 15.2 Å². The van der Waals surface area contributed by atoms with E-state index in [1.807, 2.05) is 18.2 Å². The molecule has 11 heteroatoms. The number of aromatic nitrogens is 3. The topological polar surface area (TPSA) is 129 Å². The summed E-state index contributed by atoms with van der Waals surface area (Å²) in [5.41, 5.74) is 6.15. The molecule has 1 unspecified atom stereocenters. The number of para-hydroxylation sites is 3. The predicted octanol–water partition coefficient (Wildman–Crippen LogP) is 0.413. The van der Waals surface area contributed by atoms with Crippen LogP contribution in [0.2, 0.25) is 0 Å². The number of hydrogen-bond donors (Lipinski definition) is 1. The molecule has 2 N–H and O–H groups in total. The Hall–Kier alpha value is -4.25. The second-order valence-electron chi connectivity index (χ2n) is 7.51. The smallest absolute Gasteiger partial charge is 0.291 e. The summed E-state index contributed by atoms with van der Waals surface area (Å²) < 4.78 is 13.0. The monoisotopic (exact) mass is 461 g/mol. The molecule has 2 aromatic heterocycles. The average molecular weight is 461 g/mol. The SMILES string of the molecule is NC(=O)CN1C(=O)C(=c2sc3nc(C4COc5ccccc5O4)nn3c2=O)c2ccccc21. The van der Waals surface area contributed by atoms with Gasteiger partial charge in [-0.05, 0) is 18.2 Å². The molecule has 2 aliphatic heterocycles. The Morgan fingerprint density at radius 1 is 1.12 bits per heavy atom. The minimum atomic E-state index is -0.648. The molecule has 2 aromatic carbocycles. The first-order chi connectivity index (χ1) is 16.0. The maximum absolute atomic E-state index is 13.2. The molecule has 1 atom stereocenters. The molecule has 0 spiro atoms. The quantitative estimate of drug-likeness (QED) is 0.468. The van der Waals surface area contributed by atoms with E-state index in [1.165, 1.54) is 9.42 Å². The van der Waals surface area contributed by atoms with Crippen molar-refractivity contribution in [1.82, 2.24) is 14.6 Å². The minimum absolute atomic E-state index is 0.201. The van der Waals surface area contributed by atoms with Crippen LogP contribution >= 0.6 is 11.3 Å². The van der Waals surface area contributed by atoms with Crippen LogP contribution in [0, 0.1) is 0 Å². The van der Waals surface area contributed by atoms with Crippen molar-refractivity contribution in [1.29, 1.82) is 0 Å². The Kier molecular flexibility index (Phi) is 4.20. The van der Waals surface area contributed by atoms with Gasteiger partial charge in [0.25, 0.3) is 11.5 Å². The van der Waals surface area contributed by atoms with Crippen LogP contribution in [-0.4, -0.2) is 39.6 Å². The second kappa shape index (κ2) is 7.14. The molecular formula is C22H15N5O5S. The van der Waals surface area contributed by atoms with E-state index in [9.17, 15) is 14.4 Å². The molecule has 0 saturated carbocycles. The van der Waals surface area contributed by atoms with E-state index < -0.39 is 23.5 Å². The first-order valence-electron chi connectivity index (χ1n) is 10.0. The van der Waals surface area contributed by atoms with Crippen LogP contribution in [0.25, 0.3) is 10.5 Å². The molecule has 0 radical (unpaired) electrons.